The van der Waals surface area contributed by atoms with E-state index >= 15 is 0 Å². The van der Waals surface area contributed by atoms with E-state index in [4.69, 9.17) is 11.6 Å². The molecule has 1 atom stereocenters. The van der Waals surface area contributed by atoms with Crippen molar-refractivity contribution >= 4 is 33.7 Å². The molecule has 0 saturated carbocycles. The lowest BCUT2D eigenvalue weighted by molar-refractivity contribution is 0.510. The second-order valence-electron chi connectivity index (χ2n) is 5.56. The molecule has 3 heterocycles. The molecule has 0 radical (unpaired) electrons. The molecule has 0 fully saturated rings. The van der Waals surface area contributed by atoms with Crippen molar-refractivity contribution < 1.29 is 8.78 Å². The van der Waals surface area contributed by atoms with E-state index in [0.29, 0.717) is 23.4 Å². The monoisotopic (exact) mass is 365 g/mol. The Balaban J connectivity index is 1.57. The fourth-order valence-corrected chi connectivity index (χ4v) is 2.94. The average molecular weight is 366 g/mol. The maximum Gasteiger partial charge on any atom is 0.198 e. The number of aryl methyl sites for hydroxylation is 1. The zero-order valence-electron chi connectivity index (χ0n) is 13.1. The highest BCUT2D eigenvalue weighted by Crippen LogP contribution is 2.28. The number of fused-ring (bicyclic) bond motifs is 2. The van der Waals surface area contributed by atoms with Crippen molar-refractivity contribution in [1.29, 1.82) is 0 Å². The highest BCUT2D eigenvalue weighted by Gasteiger charge is 2.25. The molecule has 0 spiro atoms. The van der Waals surface area contributed by atoms with Crippen molar-refractivity contribution in [3.8, 4) is 0 Å². The van der Waals surface area contributed by atoms with E-state index in [1.807, 2.05) is 11.5 Å². The Kier molecular flexibility index (Phi) is 3.89. The Hall–Kier alpha value is -2.52. The normalized spacial score (nSPS) is 16.6. The highest BCUT2D eigenvalue weighted by atomic mass is 35.5. The first-order chi connectivity index (χ1) is 12.0. The minimum atomic E-state index is -0.928. The smallest absolute Gasteiger partial charge is 0.198 e. The number of aliphatic imine (C=N–C) groups is 1. The van der Waals surface area contributed by atoms with Crippen LogP contribution in [0.3, 0.4) is 0 Å². The molecule has 1 aliphatic rings. The van der Waals surface area contributed by atoms with Crippen LogP contribution in [0.15, 0.2) is 23.5 Å². The lowest BCUT2D eigenvalue weighted by atomic mass is 10.3. The lowest BCUT2D eigenvalue weighted by Crippen LogP contribution is -2.27. The fourth-order valence-electron chi connectivity index (χ4n) is 2.76. The summed E-state index contributed by atoms with van der Waals surface area (Å²) in [6.07, 6.45) is 1.27. The zero-order valence-corrected chi connectivity index (χ0v) is 13.9. The molecule has 0 saturated heterocycles. The Morgan fingerprint density at radius 1 is 1.32 bits per heavy atom. The third-order valence-electron chi connectivity index (χ3n) is 3.97. The summed E-state index contributed by atoms with van der Waals surface area (Å²) in [4.78, 5) is 15.9. The summed E-state index contributed by atoms with van der Waals surface area (Å²) >= 11 is 6.06. The van der Waals surface area contributed by atoms with Gasteiger partial charge in [-0.3, -0.25) is 5.32 Å². The van der Waals surface area contributed by atoms with E-state index in [9.17, 15) is 8.78 Å². The number of hydrogen-bond acceptors (Lipinski definition) is 5. The van der Waals surface area contributed by atoms with Gasteiger partial charge in [-0.15, -0.1) is 0 Å². The molecule has 1 unspecified atom stereocenters. The number of aromatic amines is 1. The molecule has 25 heavy (non-hydrogen) atoms. The molecule has 0 aliphatic carbocycles. The van der Waals surface area contributed by atoms with Crippen LogP contribution < -0.4 is 10.6 Å². The third-order valence-corrected chi connectivity index (χ3v) is 4.16. The van der Waals surface area contributed by atoms with Crippen molar-refractivity contribution in [2.24, 2.45) is 4.99 Å². The molecule has 2 aromatic heterocycles. The number of hydrogen-bond donors (Lipinski definition) is 3. The predicted octanol–water partition coefficient (Wildman–Crippen LogP) is 2.87. The number of benzene rings is 1. The SMILES string of the molecule is CCn1cnc2c1NC(Cl)=NC2NCc1nc2cc(F)c(F)cc2[nH]1. The molecule has 7 nitrogen and oxygen atoms in total. The van der Waals surface area contributed by atoms with E-state index in [0.717, 1.165) is 30.2 Å². The quantitative estimate of drug-likeness (QED) is 0.621. The van der Waals surface area contributed by atoms with Crippen molar-refractivity contribution in [1.82, 2.24) is 24.8 Å². The van der Waals surface area contributed by atoms with Crippen LogP contribution >= 0.6 is 11.6 Å². The molecule has 3 N–H and O–H groups in total. The highest BCUT2D eigenvalue weighted by molar-refractivity contribution is 6.67. The molecular weight excluding hydrogens is 352 g/mol. The first-order valence-corrected chi connectivity index (χ1v) is 8.05. The molecule has 0 bridgehead atoms. The number of anilines is 1. The van der Waals surface area contributed by atoms with Gasteiger partial charge in [-0.25, -0.2) is 23.7 Å². The van der Waals surface area contributed by atoms with Crippen LogP contribution in [0.4, 0.5) is 14.6 Å². The predicted molar refractivity (Wildman–Crippen MR) is 90.4 cm³/mol. The van der Waals surface area contributed by atoms with Crippen LogP contribution in [0.2, 0.25) is 0 Å². The first kappa shape index (κ1) is 16.0. The van der Waals surface area contributed by atoms with Crippen molar-refractivity contribution in [2.45, 2.75) is 26.2 Å². The summed E-state index contributed by atoms with van der Waals surface area (Å²) in [6.45, 7) is 3.04. The van der Waals surface area contributed by atoms with E-state index < -0.39 is 17.8 Å². The van der Waals surface area contributed by atoms with Gasteiger partial charge in [0.2, 0.25) is 0 Å². The van der Waals surface area contributed by atoms with E-state index in [1.165, 1.54) is 0 Å². The molecule has 1 aromatic carbocycles. The number of nitrogens with zero attached hydrogens (tertiary/aromatic N) is 4. The van der Waals surface area contributed by atoms with Gasteiger partial charge in [0.05, 0.1) is 23.9 Å². The van der Waals surface area contributed by atoms with Gasteiger partial charge >= 0.3 is 0 Å². The van der Waals surface area contributed by atoms with Crippen molar-refractivity contribution in [2.75, 3.05) is 5.32 Å². The van der Waals surface area contributed by atoms with Crippen LogP contribution in [0, 0.1) is 11.6 Å². The van der Waals surface area contributed by atoms with Gasteiger partial charge in [-0.1, -0.05) is 0 Å². The number of halogens is 3. The summed E-state index contributed by atoms with van der Waals surface area (Å²) < 4.78 is 28.5. The Bertz CT molecular complexity index is 939. The summed E-state index contributed by atoms with van der Waals surface area (Å²) in [5.74, 6) is -0.529. The van der Waals surface area contributed by atoms with Gasteiger partial charge in [0, 0.05) is 18.7 Å². The van der Waals surface area contributed by atoms with E-state index in [2.05, 4.69) is 30.6 Å². The van der Waals surface area contributed by atoms with Gasteiger partial charge in [0.1, 0.15) is 23.5 Å². The van der Waals surface area contributed by atoms with Crippen LogP contribution in [0.1, 0.15) is 24.6 Å². The van der Waals surface area contributed by atoms with Crippen molar-refractivity contribution in [3.05, 3.63) is 41.6 Å². The Morgan fingerprint density at radius 3 is 2.92 bits per heavy atom. The van der Waals surface area contributed by atoms with Crippen LogP contribution in [0.5, 0.6) is 0 Å². The number of amidine groups is 1. The number of imidazole rings is 2. The molecular formula is C15H14ClF2N7. The van der Waals surface area contributed by atoms with Crippen LogP contribution in [-0.2, 0) is 13.1 Å². The van der Waals surface area contributed by atoms with Gasteiger partial charge in [-0.05, 0) is 18.5 Å². The number of aromatic nitrogens is 4. The molecule has 0 amide bonds. The van der Waals surface area contributed by atoms with E-state index in [1.54, 1.807) is 6.33 Å². The molecule has 10 heteroatoms. The van der Waals surface area contributed by atoms with Gasteiger partial charge in [0.25, 0.3) is 0 Å². The first-order valence-electron chi connectivity index (χ1n) is 7.67. The summed E-state index contributed by atoms with van der Waals surface area (Å²) in [6, 6.07) is 2.15. The topological polar surface area (TPSA) is 82.9 Å². The number of H-pyrrole nitrogens is 1. The lowest BCUT2D eigenvalue weighted by Gasteiger charge is -2.20. The largest absolute Gasteiger partial charge is 0.341 e. The van der Waals surface area contributed by atoms with E-state index in [-0.39, 0.29) is 5.29 Å². The molecule has 4 rings (SSSR count). The Morgan fingerprint density at radius 2 is 2.12 bits per heavy atom. The second-order valence-corrected chi connectivity index (χ2v) is 5.92. The number of nitrogens with one attached hydrogen (secondary N) is 3. The summed E-state index contributed by atoms with van der Waals surface area (Å²) in [7, 11) is 0. The third kappa shape index (κ3) is 2.85. The maximum absolute atomic E-state index is 13.3. The van der Waals surface area contributed by atoms with Gasteiger partial charge in [-0.2, -0.15) is 0 Å². The van der Waals surface area contributed by atoms with Gasteiger partial charge in [0.15, 0.2) is 16.9 Å². The summed E-state index contributed by atoms with van der Waals surface area (Å²) in [5, 5.41) is 6.43. The fraction of sp³-hybridized carbons (Fsp3) is 0.267. The van der Waals surface area contributed by atoms with Crippen LogP contribution in [0.25, 0.3) is 11.0 Å². The second kappa shape index (κ2) is 6.08. The number of rotatable bonds is 4. The Labute approximate surface area is 146 Å². The van der Waals surface area contributed by atoms with Gasteiger partial charge < -0.3 is 14.9 Å². The summed E-state index contributed by atoms with van der Waals surface area (Å²) in [5.41, 5.74) is 1.51. The minimum Gasteiger partial charge on any atom is -0.341 e. The van der Waals surface area contributed by atoms with Crippen LogP contribution in [-0.4, -0.2) is 24.8 Å². The average Bonchev–Trinajstić information content (AvgIpc) is 3.16. The zero-order chi connectivity index (χ0) is 17.6. The van der Waals surface area contributed by atoms with Crippen molar-refractivity contribution in [3.63, 3.8) is 0 Å². The molecule has 1 aliphatic heterocycles. The molecule has 130 valence electrons. The standard InChI is InChI=1S/C15H14ClF2N7/c1-2-25-6-20-12-13(23-15(16)24-14(12)25)19-5-11-21-9-3-7(17)8(18)4-10(9)22-11/h3-4,6,13,19H,2,5H2,1H3,(H,21,22)(H,23,24). The maximum atomic E-state index is 13.3. The minimum absolute atomic E-state index is 0.258. The molecule has 3 aromatic rings.